The molecular weight excluding hydrogens is 298 g/mol. The van der Waals surface area contributed by atoms with Crippen molar-refractivity contribution < 1.29 is 9.21 Å². The van der Waals surface area contributed by atoms with Crippen molar-refractivity contribution in [2.24, 2.45) is 0 Å². The number of hydrogen-bond acceptors (Lipinski definition) is 6. The van der Waals surface area contributed by atoms with Crippen molar-refractivity contribution in [3.05, 3.63) is 40.8 Å². The summed E-state index contributed by atoms with van der Waals surface area (Å²) in [6, 6.07) is 7.42. The van der Waals surface area contributed by atoms with E-state index in [1.807, 2.05) is 24.3 Å². The Kier molecular flexibility index (Phi) is 3.42. The predicted octanol–water partition coefficient (Wildman–Crippen LogP) is 3.54. The summed E-state index contributed by atoms with van der Waals surface area (Å²) >= 11 is 7.08. The zero-order valence-corrected chi connectivity index (χ0v) is 11.9. The van der Waals surface area contributed by atoms with Gasteiger partial charge in [0.1, 0.15) is 21.5 Å². The summed E-state index contributed by atoms with van der Waals surface area (Å²) in [5.41, 5.74) is 1.67. The van der Waals surface area contributed by atoms with Gasteiger partial charge in [0.2, 0.25) is 0 Å². The first-order valence-corrected chi connectivity index (χ1v) is 6.89. The Balaban J connectivity index is 2.04. The quantitative estimate of drug-likeness (QED) is 0.544. The maximum Gasteiger partial charge on any atom is 0.263 e. The number of rotatable bonds is 3. The van der Waals surface area contributed by atoms with Gasteiger partial charge in [0.05, 0.1) is 5.56 Å². The molecule has 0 aliphatic carbocycles. The number of carbonyl (C=O) groups excluding carboxylic acids is 1. The standard InChI is InChI=1S/C13H8ClN3O2S/c1-7-15-11(14)8(6-18)12(16-7)20-13-17-9-4-2-3-5-10(9)19-13/h2-6H,1H3. The minimum Gasteiger partial charge on any atom is -0.431 e. The molecule has 0 saturated carbocycles. The molecule has 20 heavy (non-hydrogen) atoms. The molecule has 2 heterocycles. The monoisotopic (exact) mass is 305 g/mol. The number of hydrogen-bond donors (Lipinski definition) is 0. The summed E-state index contributed by atoms with van der Waals surface area (Å²) in [6.45, 7) is 1.70. The average molecular weight is 306 g/mol. The third kappa shape index (κ3) is 2.39. The number of fused-ring (bicyclic) bond motifs is 1. The molecule has 0 radical (unpaired) electrons. The molecule has 7 heteroatoms. The van der Waals surface area contributed by atoms with Crippen LogP contribution in [0.4, 0.5) is 0 Å². The van der Waals surface area contributed by atoms with E-state index in [0.29, 0.717) is 27.9 Å². The third-order valence-corrected chi connectivity index (χ3v) is 3.69. The molecule has 0 saturated heterocycles. The second-order valence-electron chi connectivity index (χ2n) is 3.95. The highest BCUT2D eigenvalue weighted by molar-refractivity contribution is 7.99. The lowest BCUT2D eigenvalue weighted by Crippen LogP contribution is -1.98. The van der Waals surface area contributed by atoms with Crippen molar-refractivity contribution in [1.82, 2.24) is 15.0 Å². The Labute approximate surface area is 123 Å². The van der Waals surface area contributed by atoms with Crippen molar-refractivity contribution in [3.8, 4) is 0 Å². The number of halogens is 1. The number of aldehydes is 1. The Hall–Kier alpha value is -1.92. The lowest BCUT2D eigenvalue weighted by atomic mass is 10.3. The molecular formula is C13H8ClN3O2S. The van der Waals surface area contributed by atoms with E-state index in [1.165, 1.54) is 0 Å². The van der Waals surface area contributed by atoms with Crippen LogP contribution in [-0.4, -0.2) is 21.2 Å². The second-order valence-corrected chi connectivity index (χ2v) is 5.25. The van der Waals surface area contributed by atoms with Gasteiger partial charge in [-0.2, -0.15) is 0 Å². The summed E-state index contributed by atoms with van der Waals surface area (Å²) in [5, 5.41) is 0.971. The number of aromatic nitrogens is 3. The number of oxazole rings is 1. The van der Waals surface area contributed by atoms with Gasteiger partial charge in [0.25, 0.3) is 5.22 Å². The van der Waals surface area contributed by atoms with Gasteiger partial charge in [-0.1, -0.05) is 23.7 Å². The van der Waals surface area contributed by atoms with Crippen LogP contribution in [0.3, 0.4) is 0 Å². The van der Waals surface area contributed by atoms with Gasteiger partial charge in [0.15, 0.2) is 11.9 Å². The van der Waals surface area contributed by atoms with Crippen LogP contribution in [0, 0.1) is 6.92 Å². The van der Waals surface area contributed by atoms with Crippen LogP contribution < -0.4 is 0 Å². The highest BCUT2D eigenvalue weighted by Gasteiger charge is 2.15. The molecule has 0 N–H and O–H groups in total. The van der Waals surface area contributed by atoms with Gasteiger partial charge in [-0.3, -0.25) is 4.79 Å². The molecule has 3 rings (SSSR count). The maximum atomic E-state index is 11.1. The van der Waals surface area contributed by atoms with E-state index >= 15 is 0 Å². The molecule has 5 nitrogen and oxygen atoms in total. The topological polar surface area (TPSA) is 68.9 Å². The van der Waals surface area contributed by atoms with Crippen LogP contribution in [-0.2, 0) is 0 Å². The van der Waals surface area contributed by atoms with Crippen LogP contribution in [0.25, 0.3) is 11.1 Å². The van der Waals surface area contributed by atoms with Crippen molar-refractivity contribution >= 4 is 40.7 Å². The minimum atomic E-state index is 0.131. The fraction of sp³-hybridized carbons (Fsp3) is 0.0769. The van der Waals surface area contributed by atoms with E-state index in [9.17, 15) is 4.79 Å². The first kappa shape index (κ1) is 13.1. The largest absolute Gasteiger partial charge is 0.431 e. The zero-order valence-electron chi connectivity index (χ0n) is 10.3. The summed E-state index contributed by atoms with van der Waals surface area (Å²) in [5.74, 6) is 0.485. The second kappa shape index (κ2) is 5.22. The Morgan fingerprint density at radius 2 is 2.05 bits per heavy atom. The molecule has 0 atom stereocenters. The first-order chi connectivity index (χ1) is 9.67. The predicted molar refractivity (Wildman–Crippen MR) is 75.3 cm³/mol. The van der Waals surface area contributed by atoms with E-state index in [-0.39, 0.29) is 10.7 Å². The van der Waals surface area contributed by atoms with Gasteiger partial charge in [-0.05, 0) is 30.8 Å². The summed E-state index contributed by atoms with van der Waals surface area (Å²) < 4.78 is 5.58. The summed E-state index contributed by atoms with van der Waals surface area (Å²) in [6.07, 6.45) is 0.632. The zero-order chi connectivity index (χ0) is 14.1. The van der Waals surface area contributed by atoms with E-state index in [2.05, 4.69) is 15.0 Å². The summed E-state index contributed by atoms with van der Waals surface area (Å²) in [4.78, 5) is 23.6. The van der Waals surface area contributed by atoms with Gasteiger partial charge < -0.3 is 4.42 Å². The lowest BCUT2D eigenvalue weighted by molar-refractivity contribution is 0.112. The fourth-order valence-corrected chi connectivity index (χ4v) is 2.86. The van der Waals surface area contributed by atoms with Gasteiger partial charge in [-0.15, -0.1) is 0 Å². The van der Waals surface area contributed by atoms with E-state index in [0.717, 1.165) is 17.3 Å². The van der Waals surface area contributed by atoms with Crippen molar-refractivity contribution in [1.29, 1.82) is 0 Å². The SMILES string of the molecule is Cc1nc(Cl)c(C=O)c(Sc2nc3ccccc3o2)n1. The van der Waals surface area contributed by atoms with Crippen molar-refractivity contribution in [2.45, 2.75) is 17.2 Å². The lowest BCUT2D eigenvalue weighted by Gasteiger charge is -2.03. The van der Waals surface area contributed by atoms with Crippen LogP contribution in [0.2, 0.25) is 5.15 Å². The van der Waals surface area contributed by atoms with Crippen LogP contribution in [0.1, 0.15) is 16.2 Å². The number of benzene rings is 1. The van der Waals surface area contributed by atoms with Crippen LogP contribution >= 0.6 is 23.4 Å². The Morgan fingerprint density at radius 1 is 1.25 bits per heavy atom. The molecule has 3 aromatic rings. The fourth-order valence-electron chi connectivity index (χ4n) is 1.68. The molecule has 0 spiro atoms. The molecule has 0 fully saturated rings. The van der Waals surface area contributed by atoms with Crippen LogP contribution in [0.5, 0.6) is 0 Å². The van der Waals surface area contributed by atoms with E-state index < -0.39 is 0 Å². The van der Waals surface area contributed by atoms with Gasteiger partial charge in [-0.25, -0.2) is 15.0 Å². The number of nitrogens with zero attached hydrogens (tertiary/aromatic N) is 3. The van der Waals surface area contributed by atoms with Gasteiger partial charge in [0, 0.05) is 0 Å². The average Bonchev–Trinajstić information content (AvgIpc) is 2.80. The number of carbonyl (C=O) groups is 1. The Morgan fingerprint density at radius 3 is 2.80 bits per heavy atom. The Bertz CT molecular complexity index is 770. The molecule has 1 aromatic carbocycles. The molecule has 0 unspecified atom stereocenters. The first-order valence-electron chi connectivity index (χ1n) is 5.70. The molecule has 0 amide bonds. The van der Waals surface area contributed by atoms with Gasteiger partial charge >= 0.3 is 0 Å². The summed E-state index contributed by atoms with van der Waals surface area (Å²) in [7, 11) is 0. The molecule has 2 aromatic heterocycles. The smallest absolute Gasteiger partial charge is 0.263 e. The van der Waals surface area contributed by atoms with E-state index in [4.69, 9.17) is 16.0 Å². The number of para-hydroxylation sites is 2. The highest BCUT2D eigenvalue weighted by atomic mass is 35.5. The normalized spacial score (nSPS) is 10.9. The molecule has 0 aliphatic heterocycles. The van der Waals surface area contributed by atoms with Crippen LogP contribution in [0.15, 0.2) is 38.9 Å². The molecule has 0 bridgehead atoms. The maximum absolute atomic E-state index is 11.1. The molecule has 100 valence electrons. The number of aryl methyl sites for hydroxylation is 1. The molecule has 0 aliphatic rings. The highest BCUT2D eigenvalue weighted by Crippen LogP contribution is 2.32. The third-order valence-electron chi connectivity index (χ3n) is 2.55. The van der Waals surface area contributed by atoms with Crippen molar-refractivity contribution in [3.63, 3.8) is 0 Å². The van der Waals surface area contributed by atoms with Crippen molar-refractivity contribution in [2.75, 3.05) is 0 Å². The minimum absolute atomic E-state index is 0.131. The van der Waals surface area contributed by atoms with E-state index in [1.54, 1.807) is 6.92 Å².